The third kappa shape index (κ3) is 4.41. The number of carbonyl (C=O) groups is 1. The van der Waals surface area contributed by atoms with Crippen molar-refractivity contribution in [2.45, 2.75) is 28.8 Å². The minimum absolute atomic E-state index is 0.0379. The monoisotopic (exact) mass is 442 g/mol. The third-order valence-electron chi connectivity index (χ3n) is 5.15. The van der Waals surface area contributed by atoms with Crippen LogP contribution in [0.25, 0.3) is 0 Å². The first-order valence-corrected chi connectivity index (χ1v) is 12.2. The maximum Gasteiger partial charge on any atom is 0.233 e. The van der Waals surface area contributed by atoms with Gasteiger partial charge in [0.1, 0.15) is 11.6 Å². The van der Waals surface area contributed by atoms with Crippen LogP contribution in [0.15, 0.2) is 64.6 Å². The lowest BCUT2D eigenvalue weighted by Gasteiger charge is -2.28. The number of thioether (sulfide) groups is 1. The first-order chi connectivity index (χ1) is 14.4. The fraction of sp³-hybridized carbons (Fsp3) is 0.286. The number of rotatable bonds is 6. The van der Waals surface area contributed by atoms with Crippen LogP contribution in [0.3, 0.4) is 0 Å². The van der Waals surface area contributed by atoms with Crippen LogP contribution in [0.5, 0.6) is 0 Å². The zero-order valence-corrected chi connectivity index (χ0v) is 18.2. The number of amides is 1. The Kier molecular flexibility index (Phi) is 5.92. The van der Waals surface area contributed by atoms with Gasteiger partial charge >= 0.3 is 0 Å². The average molecular weight is 443 g/mol. The van der Waals surface area contributed by atoms with Gasteiger partial charge in [0.25, 0.3) is 0 Å². The Hall–Kier alpha value is -2.65. The topological polar surface area (TPSA) is 85.2 Å². The quantitative estimate of drug-likeness (QED) is 0.545. The van der Waals surface area contributed by atoms with E-state index < -0.39 is 9.84 Å². The molecule has 0 saturated carbocycles. The second-order valence-electron chi connectivity index (χ2n) is 7.15. The summed E-state index contributed by atoms with van der Waals surface area (Å²) in [6, 6.07) is 16.5. The SMILES string of the molecule is Cn1c(CS(=O)(=O)c2ccccc2)nnc1SCC(=O)N1CCc2ccccc2C1. The molecule has 0 unspecified atom stereocenters. The number of fused-ring (bicyclic) bond motifs is 1. The number of carbonyl (C=O) groups excluding carboxylic acids is 1. The highest BCUT2D eigenvalue weighted by molar-refractivity contribution is 7.99. The van der Waals surface area contributed by atoms with Crippen LogP contribution < -0.4 is 0 Å². The summed E-state index contributed by atoms with van der Waals surface area (Å²) in [6.07, 6.45) is 0.859. The fourth-order valence-corrected chi connectivity index (χ4v) is 5.57. The second-order valence-corrected chi connectivity index (χ2v) is 10.1. The Bertz CT molecular complexity index is 1160. The van der Waals surface area contributed by atoms with Crippen molar-refractivity contribution in [1.82, 2.24) is 19.7 Å². The molecule has 30 heavy (non-hydrogen) atoms. The van der Waals surface area contributed by atoms with Gasteiger partial charge in [0.15, 0.2) is 15.0 Å². The van der Waals surface area contributed by atoms with Gasteiger partial charge in [-0.25, -0.2) is 8.42 Å². The highest BCUT2D eigenvalue weighted by Gasteiger charge is 2.23. The first-order valence-electron chi connectivity index (χ1n) is 9.57. The molecule has 2 aromatic carbocycles. The van der Waals surface area contributed by atoms with E-state index in [1.165, 1.54) is 22.9 Å². The van der Waals surface area contributed by atoms with Crippen LogP contribution in [0.2, 0.25) is 0 Å². The number of aromatic nitrogens is 3. The Morgan fingerprint density at radius 1 is 1.03 bits per heavy atom. The Balaban J connectivity index is 1.38. The Labute approximate surface area is 180 Å². The molecular formula is C21H22N4O3S2. The predicted molar refractivity (Wildman–Crippen MR) is 115 cm³/mol. The molecule has 1 amide bonds. The summed E-state index contributed by atoms with van der Waals surface area (Å²) >= 11 is 1.28. The van der Waals surface area contributed by atoms with Gasteiger partial charge in [-0.15, -0.1) is 10.2 Å². The molecule has 0 fully saturated rings. The lowest BCUT2D eigenvalue weighted by atomic mass is 10.00. The molecule has 9 heteroatoms. The Morgan fingerprint density at radius 2 is 1.73 bits per heavy atom. The maximum absolute atomic E-state index is 12.7. The highest BCUT2D eigenvalue weighted by atomic mass is 32.2. The average Bonchev–Trinajstić information content (AvgIpc) is 3.11. The standard InChI is InChI=1S/C21H22N4O3S2/c1-24-19(15-30(27,28)18-9-3-2-4-10-18)22-23-21(24)29-14-20(26)25-12-11-16-7-5-6-8-17(16)13-25/h2-10H,11-15H2,1H3. The maximum atomic E-state index is 12.7. The summed E-state index contributed by atoms with van der Waals surface area (Å²) in [5.74, 6) is 0.383. The molecule has 3 aromatic rings. The van der Waals surface area contributed by atoms with Gasteiger partial charge in [0.2, 0.25) is 5.91 Å². The van der Waals surface area contributed by atoms with Crippen LogP contribution in [-0.2, 0) is 40.4 Å². The van der Waals surface area contributed by atoms with E-state index in [1.807, 2.05) is 17.0 Å². The van der Waals surface area contributed by atoms with Crippen LogP contribution in [0.1, 0.15) is 17.0 Å². The minimum atomic E-state index is -3.51. The van der Waals surface area contributed by atoms with E-state index in [4.69, 9.17) is 0 Å². The molecule has 1 aliphatic heterocycles. The zero-order valence-electron chi connectivity index (χ0n) is 16.6. The van der Waals surface area contributed by atoms with Gasteiger partial charge in [0, 0.05) is 20.1 Å². The van der Waals surface area contributed by atoms with Gasteiger partial charge in [-0.05, 0) is 29.7 Å². The van der Waals surface area contributed by atoms with Gasteiger partial charge in [-0.3, -0.25) is 4.79 Å². The molecule has 0 radical (unpaired) electrons. The summed E-state index contributed by atoms with van der Waals surface area (Å²) in [4.78, 5) is 14.8. The number of hydrogen-bond donors (Lipinski definition) is 0. The molecule has 4 rings (SSSR count). The summed E-state index contributed by atoms with van der Waals surface area (Å²) in [5, 5.41) is 8.65. The van der Waals surface area contributed by atoms with Crippen molar-refractivity contribution in [3.05, 3.63) is 71.5 Å². The van der Waals surface area contributed by atoms with Crippen molar-refractivity contribution in [3.63, 3.8) is 0 Å². The van der Waals surface area contributed by atoms with Crippen molar-refractivity contribution in [1.29, 1.82) is 0 Å². The summed E-state index contributed by atoms with van der Waals surface area (Å²) < 4.78 is 26.8. The molecule has 0 bridgehead atoms. The van der Waals surface area contributed by atoms with E-state index >= 15 is 0 Å². The summed E-state index contributed by atoms with van der Waals surface area (Å²) in [7, 11) is -1.79. The molecule has 2 heterocycles. The van der Waals surface area contributed by atoms with Crippen molar-refractivity contribution in [3.8, 4) is 0 Å². The Morgan fingerprint density at radius 3 is 2.50 bits per heavy atom. The van der Waals surface area contributed by atoms with Gasteiger partial charge in [0.05, 0.1) is 10.6 Å². The largest absolute Gasteiger partial charge is 0.337 e. The smallest absolute Gasteiger partial charge is 0.233 e. The lowest BCUT2D eigenvalue weighted by Crippen LogP contribution is -2.37. The molecule has 0 atom stereocenters. The number of nitrogens with zero attached hydrogens (tertiary/aromatic N) is 4. The second kappa shape index (κ2) is 8.61. The van der Waals surface area contributed by atoms with Gasteiger partial charge in [-0.2, -0.15) is 0 Å². The fourth-order valence-electron chi connectivity index (χ4n) is 3.40. The summed E-state index contributed by atoms with van der Waals surface area (Å²) in [6.45, 7) is 1.32. The molecule has 156 valence electrons. The predicted octanol–water partition coefficient (Wildman–Crippen LogP) is 2.47. The number of hydrogen-bond acceptors (Lipinski definition) is 6. The van der Waals surface area contributed by atoms with E-state index in [9.17, 15) is 13.2 Å². The molecular weight excluding hydrogens is 420 g/mol. The molecule has 0 aliphatic carbocycles. The lowest BCUT2D eigenvalue weighted by molar-refractivity contribution is -0.129. The minimum Gasteiger partial charge on any atom is -0.337 e. The molecule has 0 saturated heterocycles. The van der Waals surface area contributed by atoms with Crippen molar-refractivity contribution < 1.29 is 13.2 Å². The van der Waals surface area contributed by atoms with Crippen molar-refractivity contribution in [2.75, 3.05) is 12.3 Å². The normalized spacial score (nSPS) is 13.8. The third-order valence-corrected chi connectivity index (χ3v) is 7.79. The molecule has 0 spiro atoms. The summed E-state index contributed by atoms with van der Waals surface area (Å²) in [5.41, 5.74) is 2.49. The van der Waals surface area contributed by atoms with Gasteiger partial charge < -0.3 is 9.47 Å². The highest BCUT2D eigenvalue weighted by Crippen LogP contribution is 2.22. The van der Waals surface area contributed by atoms with Crippen molar-refractivity contribution in [2.24, 2.45) is 7.05 Å². The van der Waals surface area contributed by atoms with E-state index in [1.54, 1.807) is 41.9 Å². The number of benzene rings is 2. The molecule has 7 nitrogen and oxygen atoms in total. The first kappa shape index (κ1) is 20.6. The van der Waals surface area contributed by atoms with E-state index in [0.717, 1.165) is 6.42 Å². The zero-order chi connectivity index (χ0) is 21.1. The van der Waals surface area contributed by atoms with Crippen LogP contribution in [-0.4, -0.2) is 46.3 Å². The molecule has 1 aliphatic rings. The van der Waals surface area contributed by atoms with Crippen LogP contribution in [0, 0.1) is 0 Å². The van der Waals surface area contributed by atoms with Crippen molar-refractivity contribution >= 4 is 27.5 Å². The van der Waals surface area contributed by atoms with Gasteiger partial charge in [-0.1, -0.05) is 54.2 Å². The molecule has 0 N–H and O–H groups in total. The van der Waals surface area contributed by atoms with Crippen LogP contribution in [0.4, 0.5) is 0 Å². The van der Waals surface area contributed by atoms with E-state index in [0.29, 0.717) is 24.1 Å². The van der Waals surface area contributed by atoms with E-state index in [-0.39, 0.29) is 22.3 Å². The van der Waals surface area contributed by atoms with Crippen LogP contribution >= 0.6 is 11.8 Å². The van der Waals surface area contributed by atoms with E-state index in [2.05, 4.69) is 22.3 Å². The molecule has 1 aromatic heterocycles. The number of sulfone groups is 1.